The van der Waals surface area contributed by atoms with Crippen LogP contribution in [0.1, 0.15) is 40.5 Å². The summed E-state index contributed by atoms with van der Waals surface area (Å²) in [5.74, 6) is 0. The van der Waals surface area contributed by atoms with E-state index in [1.54, 1.807) is 0 Å². The van der Waals surface area contributed by atoms with E-state index in [2.05, 4.69) is 18.6 Å². The maximum Gasteiger partial charge on any atom is 0.110 e. The van der Waals surface area contributed by atoms with E-state index in [9.17, 15) is 4.21 Å². The lowest BCUT2D eigenvalue weighted by Crippen LogP contribution is -2.39. The Balaban J connectivity index is 2.96. The number of hydrogen-bond acceptors (Lipinski definition) is 2. The molecule has 0 saturated carbocycles. The van der Waals surface area contributed by atoms with Crippen molar-refractivity contribution in [3.8, 4) is 0 Å². The molecule has 1 aliphatic rings. The fourth-order valence-electron chi connectivity index (χ4n) is 1.36. The van der Waals surface area contributed by atoms with Crippen molar-refractivity contribution in [1.82, 2.24) is 4.72 Å². The van der Waals surface area contributed by atoms with Gasteiger partial charge in [0.25, 0.3) is 0 Å². The molecule has 2 N–H and O–H groups in total. The van der Waals surface area contributed by atoms with Crippen LogP contribution in [0.4, 0.5) is 0 Å². The van der Waals surface area contributed by atoms with Crippen molar-refractivity contribution < 1.29 is 4.21 Å². The van der Waals surface area contributed by atoms with Crippen LogP contribution in [0.25, 0.3) is 0 Å². The Kier molecular flexibility index (Phi) is 2.50. The molecule has 1 heterocycles. The summed E-state index contributed by atoms with van der Waals surface area (Å²) in [6.07, 6.45) is 1.89. The molecule has 0 aromatic rings. The Morgan fingerprint density at radius 3 is 2.31 bits per heavy atom. The van der Waals surface area contributed by atoms with Crippen LogP contribution >= 0.6 is 0 Å². The fraction of sp³-hybridized carbons (Fsp3) is 1.00. The Hall–Kier alpha value is -0.0900. The summed E-state index contributed by atoms with van der Waals surface area (Å²) in [7, 11) is -2.62. The first-order valence-electron chi connectivity index (χ1n) is 4.69. The Bertz CT molecular complexity index is 291. The highest BCUT2D eigenvalue weighted by Crippen LogP contribution is 2.33. The highest BCUT2D eigenvalue weighted by molar-refractivity contribution is 7.91. The van der Waals surface area contributed by atoms with E-state index in [4.69, 9.17) is 4.78 Å². The molecule has 0 aromatic carbocycles. The molecule has 0 aliphatic carbocycles. The van der Waals surface area contributed by atoms with Crippen LogP contribution in [-0.2, 0) is 9.92 Å². The zero-order valence-electron chi connectivity index (χ0n) is 8.94. The van der Waals surface area contributed by atoms with E-state index in [-0.39, 0.29) is 5.41 Å². The molecule has 1 unspecified atom stereocenters. The zero-order chi connectivity index (χ0) is 10.3. The average Bonchev–Trinajstić information content (AvgIpc) is 2.02. The zero-order valence-corrected chi connectivity index (χ0v) is 9.75. The van der Waals surface area contributed by atoms with Crippen molar-refractivity contribution >= 4 is 9.92 Å². The molecule has 0 bridgehead atoms. The van der Waals surface area contributed by atoms with Crippen molar-refractivity contribution in [2.45, 2.75) is 45.3 Å². The van der Waals surface area contributed by atoms with E-state index < -0.39 is 14.7 Å². The minimum absolute atomic E-state index is 0.164. The van der Waals surface area contributed by atoms with Crippen LogP contribution in [0.3, 0.4) is 0 Å². The lowest BCUT2D eigenvalue weighted by atomic mass is 9.85. The first-order chi connectivity index (χ1) is 5.66. The van der Waals surface area contributed by atoms with Crippen LogP contribution in [-0.4, -0.2) is 15.5 Å². The molecule has 4 heteroatoms. The number of nitrogens with one attached hydrogen (secondary N) is 2. The highest BCUT2D eigenvalue weighted by atomic mass is 32.2. The van der Waals surface area contributed by atoms with Crippen molar-refractivity contribution in [2.24, 2.45) is 5.41 Å². The highest BCUT2D eigenvalue weighted by Gasteiger charge is 2.37. The molecule has 13 heavy (non-hydrogen) atoms. The molecule has 0 amide bonds. The van der Waals surface area contributed by atoms with Crippen molar-refractivity contribution in [2.75, 3.05) is 6.54 Å². The molecule has 0 radical (unpaired) electrons. The van der Waals surface area contributed by atoms with Crippen LogP contribution in [0, 0.1) is 10.2 Å². The summed E-state index contributed by atoms with van der Waals surface area (Å²) in [4.78, 5) is 0. The second kappa shape index (κ2) is 2.95. The topological polar surface area (TPSA) is 53.0 Å². The van der Waals surface area contributed by atoms with E-state index >= 15 is 0 Å². The normalized spacial score (nSPS) is 38.2. The number of rotatable bonds is 0. The third kappa shape index (κ3) is 2.23. The van der Waals surface area contributed by atoms with E-state index in [0.29, 0.717) is 6.54 Å². The van der Waals surface area contributed by atoms with Gasteiger partial charge in [-0.15, -0.1) is 0 Å². The lowest BCUT2D eigenvalue weighted by molar-refractivity contribution is 0.326. The van der Waals surface area contributed by atoms with Gasteiger partial charge in [0.05, 0.1) is 4.75 Å². The molecule has 1 rings (SSSR count). The Morgan fingerprint density at radius 1 is 1.23 bits per heavy atom. The van der Waals surface area contributed by atoms with Crippen molar-refractivity contribution in [3.63, 3.8) is 0 Å². The second-order valence-electron chi connectivity index (χ2n) is 5.30. The summed E-state index contributed by atoms with van der Waals surface area (Å²) in [5.41, 5.74) is 0.164. The first kappa shape index (κ1) is 11.0. The predicted molar refractivity (Wildman–Crippen MR) is 56.0 cm³/mol. The molecule has 78 valence electrons. The standard InChI is InChI=1S/C9H20N2OS/c1-8(2)5-6-9(3,4)13(10,12)11-7-8/h5-7H2,1-4H3,(H2,10,11,12). The van der Waals surface area contributed by atoms with Gasteiger partial charge >= 0.3 is 0 Å². The molecule has 3 nitrogen and oxygen atoms in total. The Morgan fingerprint density at radius 2 is 1.77 bits per heavy atom. The summed E-state index contributed by atoms with van der Waals surface area (Å²) >= 11 is 0. The molecule has 0 spiro atoms. The van der Waals surface area contributed by atoms with Crippen LogP contribution in [0.2, 0.25) is 0 Å². The third-order valence-electron chi connectivity index (χ3n) is 2.94. The molecular formula is C9H20N2OS. The lowest BCUT2D eigenvalue weighted by Gasteiger charge is -2.24. The quantitative estimate of drug-likeness (QED) is 0.624. The SMILES string of the molecule is CC1(C)CCC(C)(C)S(=N)(=O)NC1. The van der Waals surface area contributed by atoms with Crippen LogP contribution < -0.4 is 4.72 Å². The predicted octanol–water partition coefficient (Wildman–Crippen LogP) is 2.14. The van der Waals surface area contributed by atoms with Gasteiger partial charge in [0.15, 0.2) is 0 Å². The molecule has 1 fully saturated rings. The smallest absolute Gasteiger partial charge is 0.110 e. The average molecular weight is 204 g/mol. The van der Waals surface area contributed by atoms with Gasteiger partial charge in [-0.1, -0.05) is 13.8 Å². The fourth-order valence-corrected chi connectivity index (χ4v) is 2.74. The van der Waals surface area contributed by atoms with Crippen molar-refractivity contribution in [1.29, 1.82) is 4.78 Å². The Labute approximate surface area is 81.4 Å². The van der Waals surface area contributed by atoms with Gasteiger partial charge < -0.3 is 0 Å². The van der Waals surface area contributed by atoms with E-state index in [1.165, 1.54) is 0 Å². The molecule has 0 aromatic heterocycles. The maximum atomic E-state index is 11.9. The van der Waals surface area contributed by atoms with E-state index in [0.717, 1.165) is 12.8 Å². The maximum absolute atomic E-state index is 11.9. The van der Waals surface area contributed by atoms with Gasteiger partial charge in [-0.3, -0.25) is 0 Å². The van der Waals surface area contributed by atoms with Gasteiger partial charge in [-0.2, -0.15) is 0 Å². The summed E-state index contributed by atoms with van der Waals surface area (Å²) in [5, 5.41) is 0. The largest absolute Gasteiger partial charge is 0.240 e. The van der Waals surface area contributed by atoms with Crippen LogP contribution in [0.5, 0.6) is 0 Å². The monoisotopic (exact) mass is 204 g/mol. The van der Waals surface area contributed by atoms with Gasteiger partial charge in [0.1, 0.15) is 9.92 Å². The van der Waals surface area contributed by atoms with Gasteiger partial charge in [0.2, 0.25) is 0 Å². The third-order valence-corrected chi connectivity index (χ3v) is 5.25. The van der Waals surface area contributed by atoms with Crippen molar-refractivity contribution in [3.05, 3.63) is 0 Å². The van der Waals surface area contributed by atoms with Crippen LogP contribution in [0.15, 0.2) is 0 Å². The molecular weight excluding hydrogens is 184 g/mol. The summed E-state index contributed by atoms with van der Waals surface area (Å²) in [6, 6.07) is 0. The van der Waals surface area contributed by atoms with E-state index in [1.807, 2.05) is 13.8 Å². The second-order valence-corrected chi connectivity index (χ2v) is 7.81. The molecule has 1 saturated heterocycles. The van der Waals surface area contributed by atoms with Gasteiger partial charge in [-0.25, -0.2) is 13.7 Å². The van der Waals surface area contributed by atoms with Gasteiger partial charge in [-0.05, 0) is 32.1 Å². The molecule has 1 aliphatic heterocycles. The first-order valence-corrected chi connectivity index (χ1v) is 6.25. The molecule has 1 atom stereocenters. The summed E-state index contributed by atoms with van der Waals surface area (Å²) < 4.78 is 22.2. The summed E-state index contributed by atoms with van der Waals surface area (Å²) in [6.45, 7) is 8.81. The minimum atomic E-state index is -2.62. The van der Waals surface area contributed by atoms with Gasteiger partial charge in [0, 0.05) is 6.54 Å². The minimum Gasteiger partial charge on any atom is -0.240 e. The number of hydrogen-bond donors (Lipinski definition) is 2.